The molecule has 0 aliphatic rings. The molecule has 37 heavy (non-hydrogen) atoms. The van der Waals surface area contributed by atoms with Gasteiger partial charge in [0.25, 0.3) is 0 Å². The van der Waals surface area contributed by atoms with E-state index in [0.29, 0.717) is 0 Å². The lowest BCUT2D eigenvalue weighted by Crippen LogP contribution is -2.57. The molecule has 0 heterocycles. The van der Waals surface area contributed by atoms with Gasteiger partial charge in [0.15, 0.2) is 0 Å². The lowest BCUT2D eigenvalue weighted by atomic mass is 10.0. The van der Waals surface area contributed by atoms with Gasteiger partial charge in [-0.2, -0.15) is 12.6 Å². The number of carboxylic acids is 1. The van der Waals surface area contributed by atoms with Crippen molar-refractivity contribution in [2.45, 2.75) is 63.8 Å². The minimum Gasteiger partial charge on any atom is -0.480 e. The Morgan fingerprint density at radius 1 is 0.784 bits per heavy atom. The number of amides is 3. The summed E-state index contributed by atoms with van der Waals surface area (Å²) in [7, 11) is 0. The zero-order valence-electron chi connectivity index (χ0n) is 21.3. The zero-order chi connectivity index (χ0) is 27.4. The molecule has 2 rings (SSSR count). The van der Waals surface area contributed by atoms with Crippen LogP contribution in [-0.2, 0) is 32.0 Å². The maximum atomic E-state index is 13.4. The van der Waals surface area contributed by atoms with E-state index >= 15 is 0 Å². The Hall–Kier alpha value is -3.53. The highest BCUT2D eigenvalue weighted by molar-refractivity contribution is 7.80. The van der Waals surface area contributed by atoms with Crippen LogP contribution in [0, 0.1) is 0 Å². The number of carbonyl (C=O) groups is 4. The Balaban J connectivity index is 2.27. The van der Waals surface area contributed by atoms with E-state index in [1.54, 1.807) is 45.0 Å². The fourth-order valence-electron chi connectivity index (χ4n) is 3.50. The van der Waals surface area contributed by atoms with Gasteiger partial charge >= 0.3 is 12.1 Å². The van der Waals surface area contributed by atoms with Crippen molar-refractivity contribution in [1.82, 2.24) is 16.0 Å². The van der Waals surface area contributed by atoms with E-state index in [-0.39, 0.29) is 25.0 Å². The monoisotopic (exact) mass is 529 g/mol. The third-order valence-corrected chi connectivity index (χ3v) is 5.50. The van der Waals surface area contributed by atoms with Gasteiger partial charge in [0.05, 0.1) is 0 Å². The summed E-state index contributed by atoms with van der Waals surface area (Å²) in [6.45, 7) is 5.13. The molecule has 0 saturated carbocycles. The zero-order valence-corrected chi connectivity index (χ0v) is 22.2. The van der Waals surface area contributed by atoms with Crippen LogP contribution in [0.2, 0.25) is 0 Å². The van der Waals surface area contributed by atoms with Crippen molar-refractivity contribution in [2.75, 3.05) is 5.75 Å². The average molecular weight is 530 g/mol. The van der Waals surface area contributed by atoms with Crippen molar-refractivity contribution < 1.29 is 29.0 Å². The van der Waals surface area contributed by atoms with Gasteiger partial charge in [-0.3, -0.25) is 9.59 Å². The summed E-state index contributed by atoms with van der Waals surface area (Å²) in [5.74, 6) is -2.19. The fourth-order valence-corrected chi connectivity index (χ4v) is 3.76. The van der Waals surface area contributed by atoms with Crippen LogP contribution in [0.3, 0.4) is 0 Å². The van der Waals surface area contributed by atoms with Crippen molar-refractivity contribution in [2.24, 2.45) is 0 Å². The minimum absolute atomic E-state index is 0.118. The van der Waals surface area contributed by atoms with Gasteiger partial charge in [0, 0.05) is 12.8 Å². The first kappa shape index (κ1) is 29.7. The first-order chi connectivity index (χ1) is 17.5. The molecule has 2 aromatic carbocycles. The van der Waals surface area contributed by atoms with Crippen LogP contribution in [0.5, 0.6) is 0 Å². The molecule has 3 amide bonds. The predicted octanol–water partition coefficient (Wildman–Crippen LogP) is 2.74. The normalized spacial score (nSPS) is 13.5. The van der Waals surface area contributed by atoms with E-state index in [1.807, 2.05) is 36.4 Å². The third-order valence-electron chi connectivity index (χ3n) is 5.24. The highest BCUT2D eigenvalue weighted by Gasteiger charge is 2.30. The van der Waals surface area contributed by atoms with Crippen molar-refractivity contribution in [3.8, 4) is 0 Å². The van der Waals surface area contributed by atoms with Crippen LogP contribution < -0.4 is 16.0 Å². The van der Waals surface area contributed by atoms with E-state index in [2.05, 4.69) is 28.6 Å². The molecule has 0 aliphatic heterocycles. The summed E-state index contributed by atoms with van der Waals surface area (Å²) in [5.41, 5.74) is 0.790. The summed E-state index contributed by atoms with van der Waals surface area (Å²) >= 11 is 4.06. The Morgan fingerprint density at radius 3 is 1.62 bits per heavy atom. The summed E-state index contributed by atoms with van der Waals surface area (Å²) < 4.78 is 5.33. The average Bonchev–Trinajstić information content (AvgIpc) is 2.83. The lowest BCUT2D eigenvalue weighted by Gasteiger charge is -2.26. The molecule has 0 aromatic heterocycles. The molecule has 10 heteroatoms. The second-order valence-corrected chi connectivity index (χ2v) is 10.00. The summed E-state index contributed by atoms with van der Waals surface area (Å²) in [6.07, 6.45) is -0.376. The molecule has 9 nitrogen and oxygen atoms in total. The SMILES string of the molecule is CC(C)(C)OC(=O)N[C@H](Cc1ccccc1)C(=O)N[C@@H](Cc1ccccc1)C(=O)N[C@@H](CCS)C(=O)O. The summed E-state index contributed by atoms with van der Waals surface area (Å²) in [5, 5.41) is 17.3. The van der Waals surface area contributed by atoms with Gasteiger partial charge in [-0.15, -0.1) is 0 Å². The lowest BCUT2D eigenvalue weighted by molar-refractivity contribution is -0.142. The molecule has 0 fully saturated rings. The molecule has 0 spiro atoms. The number of nitrogens with one attached hydrogen (secondary N) is 3. The smallest absolute Gasteiger partial charge is 0.408 e. The van der Waals surface area contributed by atoms with E-state index < -0.39 is 47.6 Å². The largest absolute Gasteiger partial charge is 0.480 e. The highest BCUT2D eigenvalue weighted by atomic mass is 32.1. The predicted molar refractivity (Wildman–Crippen MR) is 143 cm³/mol. The van der Waals surface area contributed by atoms with Crippen molar-refractivity contribution >= 4 is 36.5 Å². The first-order valence-electron chi connectivity index (χ1n) is 12.0. The number of rotatable bonds is 12. The minimum atomic E-state index is -1.19. The number of carboxylic acid groups (broad SMARTS) is 1. The Kier molecular flexibility index (Phi) is 11.5. The van der Waals surface area contributed by atoms with Crippen LogP contribution in [-0.4, -0.2) is 58.5 Å². The second-order valence-electron chi connectivity index (χ2n) is 9.55. The Labute approximate surface area is 222 Å². The van der Waals surface area contributed by atoms with Crippen LogP contribution in [0.4, 0.5) is 4.79 Å². The van der Waals surface area contributed by atoms with Crippen LogP contribution in [0.1, 0.15) is 38.3 Å². The van der Waals surface area contributed by atoms with E-state index in [0.717, 1.165) is 11.1 Å². The Morgan fingerprint density at radius 2 is 1.22 bits per heavy atom. The number of ether oxygens (including phenoxy) is 1. The molecular formula is C27H35N3O6S. The second kappa shape index (κ2) is 14.3. The maximum absolute atomic E-state index is 13.4. The topological polar surface area (TPSA) is 134 Å². The molecule has 0 aliphatic carbocycles. The molecule has 0 saturated heterocycles. The molecular weight excluding hydrogens is 494 g/mol. The number of thiol groups is 1. The van der Waals surface area contributed by atoms with E-state index in [1.165, 1.54) is 0 Å². The standard InChI is InChI=1S/C27H35N3O6S/c1-27(2,3)36-26(35)30-22(17-19-12-8-5-9-13-19)24(32)29-21(16-18-10-6-4-7-11-18)23(31)28-20(14-15-37)25(33)34/h4-13,20-22,37H,14-17H2,1-3H3,(H,28,31)(H,29,32)(H,30,35)(H,33,34)/t20-,21-,22+/m0/s1. The third kappa shape index (κ3) is 10.9. The number of benzene rings is 2. The summed E-state index contributed by atoms with van der Waals surface area (Å²) in [6, 6.07) is 14.9. The van der Waals surface area contributed by atoms with Crippen LogP contribution >= 0.6 is 12.6 Å². The first-order valence-corrected chi connectivity index (χ1v) is 12.6. The number of alkyl carbamates (subject to hydrolysis) is 1. The quantitative estimate of drug-likeness (QED) is 0.269. The molecule has 200 valence electrons. The van der Waals surface area contributed by atoms with E-state index in [4.69, 9.17) is 4.74 Å². The number of aliphatic carboxylic acids is 1. The van der Waals surface area contributed by atoms with E-state index in [9.17, 15) is 24.3 Å². The fraction of sp³-hybridized carbons (Fsp3) is 0.407. The van der Waals surface area contributed by atoms with Crippen molar-refractivity contribution in [3.05, 3.63) is 71.8 Å². The van der Waals surface area contributed by atoms with Crippen molar-refractivity contribution in [3.63, 3.8) is 0 Å². The van der Waals surface area contributed by atoms with Crippen LogP contribution in [0.25, 0.3) is 0 Å². The molecule has 3 atom stereocenters. The molecule has 4 N–H and O–H groups in total. The highest BCUT2D eigenvalue weighted by Crippen LogP contribution is 2.10. The molecule has 0 bridgehead atoms. The maximum Gasteiger partial charge on any atom is 0.408 e. The van der Waals surface area contributed by atoms with Gasteiger partial charge < -0.3 is 25.8 Å². The van der Waals surface area contributed by atoms with Crippen molar-refractivity contribution in [1.29, 1.82) is 0 Å². The van der Waals surface area contributed by atoms with Gasteiger partial charge in [0.1, 0.15) is 23.7 Å². The van der Waals surface area contributed by atoms with Gasteiger partial charge in [-0.25, -0.2) is 9.59 Å². The Bertz CT molecular complexity index is 1040. The van der Waals surface area contributed by atoms with Gasteiger partial charge in [0.2, 0.25) is 11.8 Å². The molecule has 0 unspecified atom stereocenters. The van der Waals surface area contributed by atoms with Gasteiger partial charge in [-0.05, 0) is 44.1 Å². The van der Waals surface area contributed by atoms with Crippen LogP contribution in [0.15, 0.2) is 60.7 Å². The number of hydrogen-bond acceptors (Lipinski definition) is 6. The van der Waals surface area contributed by atoms with Gasteiger partial charge in [-0.1, -0.05) is 60.7 Å². The molecule has 2 aromatic rings. The number of carbonyl (C=O) groups excluding carboxylic acids is 3. The molecule has 0 radical (unpaired) electrons. The summed E-state index contributed by atoms with van der Waals surface area (Å²) in [4.78, 5) is 50.6. The number of hydrogen-bond donors (Lipinski definition) is 5.